The minimum absolute atomic E-state index is 0.0432. The first-order valence-corrected chi connectivity index (χ1v) is 8.42. The Kier molecular flexibility index (Phi) is 5.03. The van der Waals surface area contributed by atoms with E-state index in [4.69, 9.17) is 8.83 Å². The van der Waals surface area contributed by atoms with E-state index in [1.54, 1.807) is 19.9 Å². The number of benzene rings is 1. The summed E-state index contributed by atoms with van der Waals surface area (Å²) in [6.45, 7) is 3.48. The molecule has 0 radical (unpaired) electrons. The number of furan rings is 1. The molecule has 0 saturated heterocycles. The molecule has 0 aliphatic carbocycles. The number of anilines is 1. The first-order valence-electron chi connectivity index (χ1n) is 7.54. The fourth-order valence-electron chi connectivity index (χ4n) is 2.09. The van der Waals surface area contributed by atoms with Gasteiger partial charge in [-0.3, -0.25) is 14.9 Å². The number of aryl methyl sites for hydroxylation is 1. The zero-order valence-electron chi connectivity index (χ0n) is 13.8. The number of hydrogen-bond donors (Lipinski definition) is 1. The molecule has 26 heavy (non-hydrogen) atoms. The maximum atomic E-state index is 12.3. The van der Waals surface area contributed by atoms with E-state index >= 15 is 0 Å². The van der Waals surface area contributed by atoms with Crippen molar-refractivity contribution in [2.45, 2.75) is 24.3 Å². The number of hydrogen-bond acceptors (Lipinski definition) is 8. The molecule has 1 atom stereocenters. The van der Waals surface area contributed by atoms with Gasteiger partial charge in [-0.15, -0.1) is 10.2 Å². The third-order valence-electron chi connectivity index (χ3n) is 3.49. The van der Waals surface area contributed by atoms with Crippen LogP contribution in [0.5, 0.6) is 0 Å². The summed E-state index contributed by atoms with van der Waals surface area (Å²) in [5.41, 5.74) is 1.12. The summed E-state index contributed by atoms with van der Waals surface area (Å²) in [7, 11) is 0. The van der Waals surface area contributed by atoms with Crippen LogP contribution in [0.4, 0.5) is 11.4 Å². The Morgan fingerprint density at radius 2 is 2.00 bits per heavy atom. The number of nitro benzene ring substituents is 1. The fraction of sp³-hybridized carbons (Fsp3) is 0.188. The summed E-state index contributed by atoms with van der Waals surface area (Å²) in [5.74, 6) is 0.694. The van der Waals surface area contributed by atoms with E-state index < -0.39 is 10.2 Å². The number of aromatic nitrogens is 2. The molecule has 3 aromatic rings. The van der Waals surface area contributed by atoms with Crippen LogP contribution in [0.2, 0.25) is 0 Å². The highest BCUT2D eigenvalue weighted by atomic mass is 32.2. The molecule has 2 heterocycles. The molecule has 9 nitrogen and oxygen atoms in total. The lowest BCUT2D eigenvalue weighted by Gasteiger charge is -2.09. The van der Waals surface area contributed by atoms with Crippen molar-refractivity contribution < 1.29 is 18.6 Å². The third kappa shape index (κ3) is 3.91. The number of amides is 1. The van der Waals surface area contributed by atoms with Crippen LogP contribution in [0.15, 0.2) is 50.7 Å². The second-order valence-corrected chi connectivity index (χ2v) is 6.61. The second-order valence-electron chi connectivity index (χ2n) is 5.32. The van der Waals surface area contributed by atoms with Gasteiger partial charge in [-0.1, -0.05) is 11.8 Å². The zero-order valence-corrected chi connectivity index (χ0v) is 14.6. The Morgan fingerprint density at radius 1 is 1.27 bits per heavy atom. The minimum Gasteiger partial charge on any atom is -0.469 e. The standard InChI is InChI=1S/C16H14N4O5S/c1-9-13(7-8-24-9)15-18-19-16(25-15)26-10(2)14(21)17-11-3-5-12(6-4-11)20(22)23/h3-8,10H,1-2H3,(H,17,21). The second kappa shape index (κ2) is 7.40. The predicted molar refractivity (Wildman–Crippen MR) is 93.8 cm³/mol. The van der Waals surface area contributed by atoms with Gasteiger partial charge in [0.1, 0.15) is 5.76 Å². The van der Waals surface area contributed by atoms with Crippen molar-refractivity contribution in [3.05, 3.63) is 52.5 Å². The van der Waals surface area contributed by atoms with Gasteiger partial charge in [0.25, 0.3) is 16.8 Å². The largest absolute Gasteiger partial charge is 0.469 e. The lowest BCUT2D eigenvalue weighted by molar-refractivity contribution is -0.384. The molecule has 3 rings (SSSR count). The van der Waals surface area contributed by atoms with Gasteiger partial charge in [-0.05, 0) is 32.0 Å². The van der Waals surface area contributed by atoms with E-state index in [0.29, 0.717) is 22.9 Å². The summed E-state index contributed by atoms with van der Waals surface area (Å²) in [6, 6.07) is 7.32. The van der Waals surface area contributed by atoms with E-state index in [9.17, 15) is 14.9 Å². The number of thioether (sulfide) groups is 1. The molecule has 10 heteroatoms. The van der Waals surface area contributed by atoms with Gasteiger partial charge in [-0.2, -0.15) is 0 Å². The van der Waals surface area contributed by atoms with E-state index in [-0.39, 0.29) is 16.8 Å². The molecule has 0 aliphatic rings. The summed E-state index contributed by atoms with van der Waals surface area (Å²) in [6.07, 6.45) is 1.53. The average Bonchev–Trinajstić information content (AvgIpc) is 3.23. The van der Waals surface area contributed by atoms with Gasteiger partial charge < -0.3 is 14.2 Å². The highest BCUT2D eigenvalue weighted by Crippen LogP contribution is 2.28. The summed E-state index contributed by atoms with van der Waals surface area (Å²) < 4.78 is 10.7. The van der Waals surface area contributed by atoms with Crippen LogP contribution >= 0.6 is 11.8 Å². The van der Waals surface area contributed by atoms with Gasteiger partial charge in [0, 0.05) is 17.8 Å². The van der Waals surface area contributed by atoms with Crippen molar-refractivity contribution in [2.24, 2.45) is 0 Å². The molecule has 1 N–H and O–H groups in total. The van der Waals surface area contributed by atoms with Crippen LogP contribution in [0.1, 0.15) is 12.7 Å². The Hall–Kier alpha value is -3.14. The average molecular weight is 374 g/mol. The molecular formula is C16H14N4O5S. The number of nitrogens with zero attached hydrogens (tertiary/aromatic N) is 3. The monoisotopic (exact) mass is 374 g/mol. The quantitative estimate of drug-likeness (QED) is 0.394. The van der Waals surface area contributed by atoms with Crippen molar-refractivity contribution in [3.63, 3.8) is 0 Å². The number of non-ortho nitro benzene ring substituents is 1. The van der Waals surface area contributed by atoms with Crippen LogP contribution in [0.25, 0.3) is 11.5 Å². The number of carbonyl (C=O) groups is 1. The molecule has 0 bridgehead atoms. The Labute approximate surface area is 151 Å². The van der Waals surface area contributed by atoms with E-state index in [1.807, 2.05) is 0 Å². The molecule has 1 amide bonds. The van der Waals surface area contributed by atoms with Gasteiger partial charge in [0.15, 0.2) is 0 Å². The molecule has 2 aromatic heterocycles. The normalized spacial score (nSPS) is 11.9. The van der Waals surface area contributed by atoms with Crippen LogP contribution in [0, 0.1) is 17.0 Å². The van der Waals surface area contributed by atoms with Crippen molar-refractivity contribution in [3.8, 4) is 11.5 Å². The summed E-state index contributed by atoms with van der Waals surface area (Å²) >= 11 is 1.11. The number of rotatable bonds is 6. The predicted octanol–water partition coefficient (Wildman–Crippen LogP) is 3.67. The number of nitro groups is 1. The van der Waals surface area contributed by atoms with Crippen LogP contribution in [0.3, 0.4) is 0 Å². The lowest BCUT2D eigenvalue weighted by atomic mass is 10.3. The molecular weight excluding hydrogens is 360 g/mol. The van der Waals surface area contributed by atoms with E-state index in [2.05, 4.69) is 15.5 Å². The van der Waals surface area contributed by atoms with Crippen LogP contribution in [-0.4, -0.2) is 26.3 Å². The van der Waals surface area contributed by atoms with Gasteiger partial charge in [0.05, 0.1) is 22.0 Å². The SMILES string of the molecule is Cc1occc1-c1nnc(SC(C)C(=O)Nc2ccc([N+](=O)[O-])cc2)o1. The molecule has 1 aromatic carbocycles. The third-order valence-corrected chi connectivity index (χ3v) is 4.42. The fourth-order valence-corrected chi connectivity index (χ4v) is 2.77. The smallest absolute Gasteiger partial charge is 0.277 e. The van der Waals surface area contributed by atoms with E-state index in [0.717, 1.165) is 11.8 Å². The molecule has 1 unspecified atom stereocenters. The lowest BCUT2D eigenvalue weighted by Crippen LogP contribution is -2.22. The Balaban J connectivity index is 1.61. The van der Waals surface area contributed by atoms with Crippen molar-refractivity contribution in [2.75, 3.05) is 5.32 Å². The highest BCUT2D eigenvalue weighted by molar-refractivity contribution is 8.00. The van der Waals surface area contributed by atoms with Crippen molar-refractivity contribution >= 4 is 29.0 Å². The number of carbonyl (C=O) groups excluding carboxylic acids is 1. The van der Waals surface area contributed by atoms with E-state index in [1.165, 1.54) is 30.5 Å². The van der Waals surface area contributed by atoms with Crippen LogP contribution in [-0.2, 0) is 4.79 Å². The summed E-state index contributed by atoms with van der Waals surface area (Å²) in [5, 5.41) is 20.9. The van der Waals surface area contributed by atoms with Crippen molar-refractivity contribution in [1.82, 2.24) is 10.2 Å². The topological polar surface area (TPSA) is 124 Å². The Bertz CT molecular complexity index is 934. The maximum Gasteiger partial charge on any atom is 0.277 e. The highest BCUT2D eigenvalue weighted by Gasteiger charge is 2.20. The molecule has 0 aliphatic heterocycles. The molecule has 0 fully saturated rings. The molecule has 134 valence electrons. The zero-order chi connectivity index (χ0) is 18.7. The summed E-state index contributed by atoms with van der Waals surface area (Å²) in [4.78, 5) is 22.4. The first kappa shape index (κ1) is 17.7. The van der Waals surface area contributed by atoms with Crippen molar-refractivity contribution in [1.29, 1.82) is 0 Å². The van der Waals surface area contributed by atoms with Gasteiger partial charge in [-0.25, -0.2) is 0 Å². The minimum atomic E-state index is -0.510. The first-order chi connectivity index (χ1) is 12.4. The van der Waals surface area contributed by atoms with Crippen LogP contribution < -0.4 is 5.32 Å². The Morgan fingerprint density at radius 3 is 2.62 bits per heavy atom. The number of nitrogens with one attached hydrogen (secondary N) is 1. The van der Waals surface area contributed by atoms with Gasteiger partial charge >= 0.3 is 0 Å². The molecule has 0 saturated carbocycles. The van der Waals surface area contributed by atoms with Gasteiger partial charge in [0.2, 0.25) is 5.91 Å². The maximum absolute atomic E-state index is 12.3. The molecule has 0 spiro atoms.